The Morgan fingerprint density at radius 1 is 1.35 bits per heavy atom. The highest BCUT2D eigenvalue weighted by molar-refractivity contribution is 5.95. The first kappa shape index (κ1) is 14.5. The van der Waals surface area contributed by atoms with Gasteiger partial charge in [-0.2, -0.15) is 5.26 Å². The normalized spacial score (nSPS) is 17.1. The van der Waals surface area contributed by atoms with Crippen molar-refractivity contribution in [3.05, 3.63) is 24.0 Å². The molecule has 0 bridgehead atoms. The lowest BCUT2D eigenvalue weighted by Gasteiger charge is -2.33. The van der Waals surface area contributed by atoms with Crippen molar-refractivity contribution < 1.29 is 4.79 Å². The van der Waals surface area contributed by atoms with E-state index >= 15 is 0 Å². The van der Waals surface area contributed by atoms with Gasteiger partial charge >= 0.3 is 0 Å². The van der Waals surface area contributed by atoms with Gasteiger partial charge in [-0.1, -0.05) is 20.8 Å². The molecule has 0 atom stereocenters. The third-order valence-corrected chi connectivity index (χ3v) is 3.42. The number of rotatable bonds is 2. The molecule has 5 heteroatoms. The molecule has 0 saturated carbocycles. The number of carbonyl (C=O) groups is 1. The molecule has 1 fully saturated rings. The summed E-state index contributed by atoms with van der Waals surface area (Å²) in [6.07, 6.45) is 1.76. The minimum Gasteiger partial charge on any atom is -0.308 e. The Bertz CT molecular complexity index is 524. The Hall–Kier alpha value is -1.93. The van der Waals surface area contributed by atoms with Gasteiger partial charge in [-0.3, -0.25) is 14.7 Å². The monoisotopic (exact) mass is 272 g/mol. The maximum absolute atomic E-state index is 12.1. The molecule has 1 amide bonds. The predicted molar refractivity (Wildman–Crippen MR) is 77.3 cm³/mol. The lowest BCUT2D eigenvalue weighted by molar-refractivity contribution is -0.121. The predicted octanol–water partition coefficient (Wildman–Crippen LogP) is 1.55. The summed E-state index contributed by atoms with van der Waals surface area (Å²) < 4.78 is 0. The fraction of sp³-hybridized carbons (Fsp3) is 0.533. The fourth-order valence-corrected chi connectivity index (χ4v) is 2.22. The van der Waals surface area contributed by atoms with Crippen LogP contribution < -0.4 is 4.90 Å². The van der Waals surface area contributed by atoms with Crippen LogP contribution in [0.4, 0.5) is 5.69 Å². The molecular formula is C15H20N4O. The average Bonchev–Trinajstić information content (AvgIpc) is 2.38. The molecule has 1 aliphatic rings. The van der Waals surface area contributed by atoms with E-state index in [0.29, 0.717) is 19.6 Å². The second-order valence-corrected chi connectivity index (χ2v) is 6.07. The van der Waals surface area contributed by atoms with Crippen molar-refractivity contribution in [1.82, 2.24) is 9.88 Å². The Morgan fingerprint density at radius 2 is 2.10 bits per heavy atom. The standard InChI is InChI=1S/C15H20N4O/c1-15(2,3)13-5-4-12(10-17-13)19-9-8-18(7-6-16)11-14(19)20/h4-5,10H,7-9,11H2,1-3H3. The second kappa shape index (κ2) is 5.59. The molecule has 0 spiro atoms. The van der Waals surface area contributed by atoms with Gasteiger partial charge in [-0.15, -0.1) is 0 Å². The van der Waals surface area contributed by atoms with E-state index in [1.807, 2.05) is 17.0 Å². The molecular weight excluding hydrogens is 252 g/mol. The topological polar surface area (TPSA) is 60.2 Å². The Balaban J connectivity index is 2.10. The maximum Gasteiger partial charge on any atom is 0.241 e. The summed E-state index contributed by atoms with van der Waals surface area (Å²) in [6.45, 7) is 8.27. The molecule has 1 aromatic rings. The van der Waals surface area contributed by atoms with E-state index in [0.717, 1.165) is 17.9 Å². The van der Waals surface area contributed by atoms with E-state index in [2.05, 4.69) is 31.8 Å². The molecule has 20 heavy (non-hydrogen) atoms. The Morgan fingerprint density at radius 3 is 2.60 bits per heavy atom. The zero-order valence-electron chi connectivity index (χ0n) is 12.3. The molecule has 2 heterocycles. The van der Waals surface area contributed by atoms with Gasteiger partial charge in [0.2, 0.25) is 5.91 Å². The first-order chi connectivity index (χ1) is 9.41. The largest absolute Gasteiger partial charge is 0.308 e. The molecule has 5 nitrogen and oxygen atoms in total. The molecule has 106 valence electrons. The number of nitrogens with zero attached hydrogens (tertiary/aromatic N) is 4. The van der Waals surface area contributed by atoms with Crippen LogP contribution in [0.15, 0.2) is 18.3 Å². The lowest BCUT2D eigenvalue weighted by Crippen LogP contribution is -2.50. The SMILES string of the molecule is CC(C)(C)c1ccc(N2CCN(CC#N)CC2=O)cn1. The maximum atomic E-state index is 12.1. The van der Waals surface area contributed by atoms with Crippen molar-refractivity contribution in [3.63, 3.8) is 0 Å². The number of aromatic nitrogens is 1. The van der Waals surface area contributed by atoms with Gasteiger partial charge in [0.05, 0.1) is 31.0 Å². The highest BCUT2D eigenvalue weighted by Gasteiger charge is 2.25. The van der Waals surface area contributed by atoms with Gasteiger partial charge in [0, 0.05) is 24.2 Å². The van der Waals surface area contributed by atoms with E-state index in [-0.39, 0.29) is 11.3 Å². The first-order valence-electron chi connectivity index (χ1n) is 6.78. The van der Waals surface area contributed by atoms with Gasteiger partial charge in [0.1, 0.15) is 0 Å². The van der Waals surface area contributed by atoms with Crippen LogP contribution in [0.1, 0.15) is 26.5 Å². The summed E-state index contributed by atoms with van der Waals surface area (Å²) in [7, 11) is 0. The van der Waals surface area contributed by atoms with E-state index in [1.165, 1.54) is 0 Å². The highest BCUT2D eigenvalue weighted by Crippen LogP contribution is 2.23. The van der Waals surface area contributed by atoms with E-state index in [1.54, 1.807) is 11.1 Å². The summed E-state index contributed by atoms with van der Waals surface area (Å²) in [5, 5.41) is 8.67. The van der Waals surface area contributed by atoms with Crippen molar-refractivity contribution in [2.24, 2.45) is 0 Å². The summed E-state index contributed by atoms with van der Waals surface area (Å²) in [4.78, 5) is 20.2. The quantitative estimate of drug-likeness (QED) is 0.766. The Kier molecular flexibility index (Phi) is 4.05. The lowest BCUT2D eigenvalue weighted by atomic mass is 9.92. The van der Waals surface area contributed by atoms with Crippen molar-refractivity contribution in [2.45, 2.75) is 26.2 Å². The van der Waals surface area contributed by atoms with Gasteiger partial charge in [-0.05, 0) is 12.1 Å². The van der Waals surface area contributed by atoms with Crippen molar-refractivity contribution >= 4 is 11.6 Å². The minimum absolute atomic E-state index is 0.00797. The summed E-state index contributed by atoms with van der Waals surface area (Å²) >= 11 is 0. The van der Waals surface area contributed by atoms with Crippen LogP contribution in [0.25, 0.3) is 0 Å². The number of anilines is 1. The number of amides is 1. The molecule has 0 N–H and O–H groups in total. The number of nitriles is 1. The van der Waals surface area contributed by atoms with Gasteiger partial charge < -0.3 is 4.90 Å². The molecule has 1 aliphatic heterocycles. The van der Waals surface area contributed by atoms with Crippen molar-refractivity contribution in [2.75, 3.05) is 31.1 Å². The average molecular weight is 272 g/mol. The van der Waals surface area contributed by atoms with Crippen LogP contribution in [-0.4, -0.2) is 42.0 Å². The van der Waals surface area contributed by atoms with E-state index < -0.39 is 0 Å². The third kappa shape index (κ3) is 3.14. The summed E-state index contributed by atoms with van der Waals surface area (Å²) in [6, 6.07) is 6.01. The van der Waals surface area contributed by atoms with E-state index in [9.17, 15) is 4.79 Å². The van der Waals surface area contributed by atoms with Crippen LogP contribution in [0.2, 0.25) is 0 Å². The Labute approximate surface area is 119 Å². The molecule has 1 saturated heterocycles. The van der Waals surface area contributed by atoms with Crippen LogP contribution >= 0.6 is 0 Å². The molecule has 2 rings (SSSR count). The van der Waals surface area contributed by atoms with Crippen LogP contribution in [-0.2, 0) is 10.2 Å². The zero-order chi connectivity index (χ0) is 14.8. The zero-order valence-corrected chi connectivity index (χ0v) is 12.3. The van der Waals surface area contributed by atoms with Gasteiger partial charge in [0.25, 0.3) is 0 Å². The molecule has 0 radical (unpaired) electrons. The smallest absolute Gasteiger partial charge is 0.241 e. The third-order valence-electron chi connectivity index (χ3n) is 3.42. The summed E-state index contributed by atoms with van der Waals surface area (Å²) in [5.41, 5.74) is 1.85. The number of hydrogen-bond acceptors (Lipinski definition) is 4. The number of carbonyl (C=O) groups excluding carboxylic acids is 1. The van der Waals surface area contributed by atoms with E-state index in [4.69, 9.17) is 5.26 Å². The van der Waals surface area contributed by atoms with Crippen LogP contribution in [0.3, 0.4) is 0 Å². The molecule has 0 unspecified atom stereocenters. The number of hydrogen-bond donors (Lipinski definition) is 0. The fourth-order valence-electron chi connectivity index (χ4n) is 2.22. The van der Waals surface area contributed by atoms with Crippen LogP contribution in [0.5, 0.6) is 0 Å². The van der Waals surface area contributed by atoms with Crippen LogP contribution in [0, 0.1) is 11.3 Å². The first-order valence-corrected chi connectivity index (χ1v) is 6.78. The molecule has 1 aromatic heterocycles. The molecule has 0 aliphatic carbocycles. The minimum atomic E-state index is 0.00797. The number of piperazine rings is 1. The highest BCUT2D eigenvalue weighted by atomic mass is 16.2. The summed E-state index contributed by atoms with van der Waals surface area (Å²) in [5.74, 6) is 0.0248. The van der Waals surface area contributed by atoms with Gasteiger partial charge in [-0.25, -0.2) is 0 Å². The molecule has 0 aromatic carbocycles. The van der Waals surface area contributed by atoms with Crippen molar-refractivity contribution in [1.29, 1.82) is 5.26 Å². The number of pyridine rings is 1. The van der Waals surface area contributed by atoms with Gasteiger partial charge in [0.15, 0.2) is 0 Å². The second-order valence-electron chi connectivity index (χ2n) is 6.07. The van der Waals surface area contributed by atoms with Crippen molar-refractivity contribution in [3.8, 4) is 6.07 Å².